The monoisotopic (exact) mass is 370 g/mol. The lowest BCUT2D eigenvalue weighted by Crippen LogP contribution is -2.41. The van der Waals surface area contributed by atoms with Crippen LogP contribution in [0.3, 0.4) is 0 Å². The van der Waals surface area contributed by atoms with E-state index < -0.39 is 5.66 Å². The highest BCUT2D eigenvalue weighted by atomic mass is 19.1. The van der Waals surface area contributed by atoms with Crippen LogP contribution in [0.1, 0.15) is 38.5 Å². The van der Waals surface area contributed by atoms with Crippen molar-refractivity contribution in [2.24, 2.45) is 16.1 Å². The van der Waals surface area contributed by atoms with Gasteiger partial charge in [-0.2, -0.15) is 10.2 Å². The highest BCUT2D eigenvalue weighted by Gasteiger charge is 2.40. The molecule has 6 nitrogen and oxygen atoms in total. The van der Waals surface area contributed by atoms with E-state index in [2.05, 4.69) is 21.5 Å². The molecule has 1 aromatic carbocycles. The Kier molecular flexibility index (Phi) is 5.84. The molecule has 0 spiro atoms. The summed E-state index contributed by atoms with van der Waals surface area (Å²) in [5.41, 5.74) is 0.0123. The van der Waals surface area contributed by atoms with Gasteiger partial charge in [0.2, 0.25) is 11.8 Å². The Morgan fingerprint density at radius 2 is 2.04 bits per heavy atom. The average molecular weight is 370 g/mol. The van der Waals surface area contributed by atoms with E-state index in [-0.39, 0.29) is 23.5 Å². The molecule has 1 saturated heterocycles. The minimum absolute atomic E-state index is 0.0661. The van der Waals surface area contributed by atoms with E-state index in [9.17, 15) is 14.0 Å². The van der Waals surface area contributed by atoms with Gasteiger partial charge in [-0.1, -0.05) is 6.07 Å². The fraction of sp³-hybridized carbons (Fsp3) is 0.500. The Bertz CT molecular complexity index is 772. The van der Waals surface area contributed by atoms with Gasteiger partial charge in [-0.15, -0.1) is 12.3 Å². The number of hydrogen-bond acceptors (Lipinski definition) is 4. The molecule has 0 atom stereocenters. The van der Waals surface area contributed by atoms with Gasteiger partial charge in [-0.05, 0) is 31.0 Å². The smallest absolute Gasteiger partial charge is 0.227 e. The molecule has 7 heteroatoms. The van der Waals surface area contributed by atoms with Crippen molar-refractivity contribution < 1.29 is 14.0 Å². The molecule has 27 heavy (non-hydrogen) atoms. The second-order valence-corrected chi connectivity index (χ2v) is 7.04. The summed E-state index contributed by atoms with van der Waals surface area (Å²) in [4.78, 5) is 26.5. The number of amides is 2. The first-order valence-corrected chi connectivity index (χ1v) is 9.23. The van der Waals surface area contributed by atoms with Crippen molar-refractivity contribution in [3.05, 3.63) is 30.1 Å². The quantitative estimate of drug-likeness (QED) is 0.748. The van der Waals surface area contributed by atoms with E-state index in [4.69, 9.17) is 6.42 Å². The highest BCUT2D eigenvalue weighted by Crippen LogP contribution is 2.37. The second kappa shape index (κ2) is 8.30. The Balaban J connectivity index is 1.41. The van der Waals surface area contributed by atoms with Crippen LogP contribution in [0, 0.1) is 24.1 Å². The molecular formula is C20H23FN4O2. The number of terminal acetylenes is 1. The number of halogens is 1. The first-order chi connectivity index (χ1) is 13.0. The van der Waals surface area contributed by atoms with Crippen LogP contribution in [-0.4, -0.2) is 35.5 Å². The van der Waals surface area contributed by atoms with Crippen LogP contribution in [0.15, 0.2) is 34.5 Å². The van der Waals surface area contributed by atoms with Crippen LogP contribution in [0.25, 0.3) is 0 Å². The van der Waals surface area contributed by atoms with Crippen molar-refractivity contribution in [3.63, 3.8) is 0 Å². The molecule has 1 aromatic rings. The van der Waals surface area contributed by atoms with Crippen LogP contribution in [0.4, 0.5) is 10.1 Å². The minimum Gasteiger partial charge on any atom is -0.343 e. The van der Waals surface area contributed by atoms with Gasteiger partial charge in [0.25, 0.3) is 0 Å². The fourth-order valence-electron chi connectivity index (χ4n) is 3.33. The Morgan fingerprint density at radius 1 is 1.30 bits per heavy atom. The number of anilines is 1. The molecule has 0 radical (unpaired) electrons. The minimum atomic E-state index is -0.439. The molecule has 0 bridgehead atoms. The predicted octanol–water partition coefficient (Wildman–Crippen LogP) is 3.36. The first-order valence-electron chi connectivity index (χ1n) is 9.23. The lowest BCUT2D eigenvalue weighted by atomic mass is 9.95. The molecule has 2 heterocycles. The van der Waals surface area contributed by atoms with Crippen molar-refractivity contribution in [1.29, 1.82) is 0 Å². The third-order valence-corrected chi connectivity index (χ3v) is 5.10. The van der Waals surface area contributed by atoms with Gasteiger partial charge in [-0.25, -0.2) is 4.39 Å². The lowest BCUT2D eigenvalue weighted by Gasteiger charge is -2.31. The number of nitrogens with one attached hydrogen (secondary N) is 1. The van der Waals surface area contributed by atoms with Gasteiger partial charge >= 0.3 is 0 Å². The third kappa shape index (κ3) is 5.13. The predicted molar refractivity (Wildman–Crippen MR) is 99.2 cm³/mol. The topological polar surface area (TPSA) is 74.1 Å². The zero-order valence-electron chi connectivity index (χ0n) is 15.2. The molecule has 1 fully saturated rings. The van der Waals surface area contributed by atoms with Crippen LogP contribution in [0.5, 0.6) is 0 Å². The van der Waals surface area contributed by atoms with Crippen LogP contribution in [-0.2, 0) is 9.59 Å². The zero-order valence-corrected chi connectivity index (χ0v) is 15.2. The number of likely N-dealkylation sites (tertiary alicyclic amines) is 1. The number of nitrogens with zero attached hydrogens (tertiary/aromatic N) is 3. The van der Waals surface area contributed by atoms with Crippen molar-refractivity contribution in [2.75, 3.05) is 18.4 Å². The summed E-state index contributed by atoms with van der Waals surface area (Å²) >= 11 is 0. The lowest BCUT2D eigenvalue weighted by molar-refractivity contribution is -0.134. The summed E-state index contributed by atoms with van der Waals surface area (Å²) in [6.45, 7) is 1.09. The molecule has 2 aliphatic heterocycles. The normalized spacial score (nSPS) is 18.0. The molecule has 0 aliphatic carbocycles. The van der Waals surface area contributed by atoms with E-state index in [1.807, 2.05) is 0 Å². The summed E-state index contributed by atoms with van der Waals surface area (Å²) in [5, 5.41) is 10.8. The first kappa shape index (κ1) is 19.0. The molecule has 3 rings (SSSR count). The fourth-order valence-corrected chi connectivity index (χ4v) is 3.33. The molecule has 0 aromatic heterocycles. The van der Waals surface area contributed by atoms with Crippen molar-refractivity contribution in [2.45, 2.75) is 44.2 Å². The number of benzene rings is 1. The second-order valence-electron chi connectivity index (χ2n) is 7.04. The summed E-state index contributed by atoms with van der Waals surface area (Å²) in [6.07, 6.45) is 8.75. The number of hydrogen-bond donors (Lipinski definition) is 1. The van der Waals surface area contributed by atoms with Crippen molar-refractivity contribution >= 4 is 17.5 Å². The van der Waals surface area contributed by atoms with Gasteiger partial charge in [0.05, 0.1) is 0 Å². The summed E-state index contributed by atoms with van der Waals surface area (Å²) in [5.74, 6) is 1.95. The Labute approximate surface area is 158 Å². The summed E-state index contributed by atoms with van der Waals surface area (Å²) in [7, 11) is 0. The van der Waals surface area contributed by atoms with E-state index in [1.54, 1.807) is 17.0 Å². The number of carbonyl (C=O) groups is 2. The Hall–Kier alpha value is -2.75. The Morgan fingerprint density at radius 3 is 2.67 bits per heavy atom. The van der Waals surface area contributed by atoms with Gasteiger partial charge in [0.15, 0.2) is 5.66 Å². The number of rotatable bonds is 7. The van der Waals surface area contributed by atoms with Crippen LogP contribution >= 0.6 is 0 Å². The summed E-state index contributed by atoms with van der Waals surface area (Å²) < 4.78 is 13.2. The maximum absolute atomic E-state index is 13.2. The molecule has 142 valence electrons. The van der Waals surface area contributed by atoms with E-state index in [0.717, 1.165) is 0 Å². The molecule has 0 unspecified atom stereocenters. The average Bonchev–Trinajstić information content (AvgIpc) is 3.45. The van der Waals surface area contributed by atoms with Gasteiger partial charge < -0.3 is 10.2 Å². The molecule has 2 aliphatic rings. The van der Waals surface area contributed by atoms with Crippen LogP contribution < -0.4 is 5.32 Å². The zero-order chi connectivity index (χ0) is 19.3. The van der Waals surface area contributed by atoms with Gasteiger partial charge in [0.1, 0.15) is 5.82 Å². The largest absolute Gasteiger partial charge is 0.343 e. The maximum atomic E-state index is 13.2. The van der Waals surface area contributed by atoms with Crippen molar-refractivity contribution in [3.8, 4) is 12.3 Å². The van der Waals surface area contributed by atoms with E-state index in [1.165, 1.54) is 12.1 Å². The van der Waals surface area contributed by atoms with Gasteiger partial charge in [0, 0.05) is 50.4 Å². The third-order valence-electron chi connectivity index (χ3n) is 5.10. The van der Waals surface area contributed by atoms with Crippen molar-refractivity contribution in [1.82, 2.24) is 4.90 Å². The number of piperidine rings is 1. The van der Waals surface area contributed by atoms with E-state index in [0.29, 0.717) is 57.3 Å². The molecule has 0 saturated carbocycles. The van der Waals surface area contributed by atoms with E-state index >= 15 is 0 Å². The molecule has 1 N–H and O–H groups in total. The molecule has 2 amide bonds. The maximum Gasteiger partial charge on any atom is 0.227 e. The SMILES string of the molecule is C#CCCC1(CCC(=O)N2CCC(C(=O)Nc3cccc(F)c3)CC2)N=N1. The summed E-state index contributed by atoms with van der Waals surface area (Å²) in [6, 6.07) is 5.84. The van der Waals surface area contributed by atoms with Crippen LogP contribution in [0.2, 0.25) is 0 Å². The standard InChI is InChI=1S/C20H23FN4O2/c1-2-3-10-20(23-24-20)11-7-18(26)25-12-8-15(9-13-25)19(27)22-17-6-4-5-16(21)14-17/h1,4-6,14-15H,3,7-13H2,(H,22,27). The number of carbonyl (C=O) groups excluding carboxylic acids is 2. The molecular weight excluding hydrogens is 347 g/mol. The highest BCUT2D eigenvalue weighted by molar-refractivity contribution is 5.92. The van der Waals surface area contributed by atoms with Gasteiger partial charge in [-0.3, -0.25) is 9.59 Å².